The molecule has 0 saturated carbocycles. The molecule has 0 amide bonds. The summed E-state index contributed by atoms with van der Waals surface area (Å²) in [6.45, 7) is 6.03. The van der Waals surface area contributed by atoms with E-state index in [1.54, 1.807) is 0 Å². The third-order valence-corrected chi connectivity index (χ3v) is 2.38. The molecule has 0 aliphatic heterocycles. The maximum absolute atomic E-state index is 12.5. The summed E-state index contributed by atoms with van der Waals surface area (Å²) in [6.07, 6.45) is -3.10. The Balaban J connectivity index is 2.58. The van der Waals surface area contributed by atoms with E-state index in [1.807, 2.05) is 6.92 Å². The Morgan fingerprint density at radius 3 is 2.75 bits per heavy atom. The number of hydrogen-bond acceptors (Lipinski definition) is 2. The van der Waals surface area contributed by atoms with E-state index >= 15 is 0 Å². The summed E-state index contributed by atoms with van der Waals surface area (Å²) in [4.78, 5) is 0. The first-order chi connectivity index (χ1) is 9.29. The summed E-state index contributed by atoms with van der Waals surface area (Å²) in [6, 6.07) is 4.85. The molecule has 0 aliphatic rings. The van der Waals surface area contributed by atoms with E-state index in [0.717, 1.165) is 17.7 Å². The second-order valence-electron chi connectivity index (χ2n) is 4.13. The monoisotopic (exact) mass is 301 g/mol. The van der Waals surface area contributed by atoms with Gasteiger partial charge in [0.25, 0.3) is 0 Å². The second-order valence-corrected chi connectivity index (χ2v) is 4.54. The molecule has 0 heterocycles. The van der Waals surface area contributed by atoms with Crippen LogP contribution in [-0.2, 0) is 6.18 Å². The van der Waals surface area contributed by atoms with Crippen LogP contribution in [0.25, 0.3) is 0 Å². The van der Waals surface area contributed by atoms with Gasteiger partial charge in [0.2, 0.25) is 0 Å². The smallest absolute Gasteiger partial charge is 0.358 e. The van der Waals surface area contributed by atoms with E-state index in [2.05, 4.69) is 22.4 Å². The van der Waals surface area contributed by atoms with Gasteiger partial charge in [0, 0.05) is 6.54 Å². The number of nitrogens with zero attached hydrogens (tertiary/aromatic N) is 1. The highest BCUT2D eigenvalue weighted by Crippen LogP contribution is 2.29. The van der Waals surface area contributed by atoms with E-state index in [0.29, 0.717) is 12.1 Å². The molecule has 3 nitrogen and oxygen atoms in total. The SMILES string of the molecule is C=C(C)CNC(=S)N/N=C\c1cccc(C(F)(F)F)c1. The first kappa shape index (κ1) is 16.2. The Bertz CT molecular complexity index is 524. The first-order valence-corrected chi connectivity index (χ1v) is 6.08. The van der Waals surface area contributed by atoms with E-state index in [4.69, 9.17) is 12.2 Å². The fraction of sp³-hybridized carbons (Fsp3) is 0.231. The number of nitrogens with one attached hydrogen (secondary N) is 2. The lowest BCUT2D eigenvalue weighted by atomic mass is 10.1. The predicted octanol–water partition coefficient (Wildman–Crippen LogP) is 3.08. The van der Waals surface area contributed by atoms with Gasteiger partial charge < -0.3 is 5.32 Å². The van der Waals surface area contributed by atoms with Crippen molar-refractivity contribution in [2.75, 3.05) is 6.54 Å². The standard InChI is InChI=1S/C13H14F3N3S/c1-9(2)7-17-12(20)19-18-8-10-4-3-5-11(6-10)13(14,15)16/h3-6,8H,1,7H2,2H3,(H2,17,19,20)/b18-8-. The average molecular weight is 301 g/mol. The minimum Gasteiger partial charge on any atom is -0.358 e. The maximum Gasteiger partial charge on any atom is 0.416 e. The van der Waals surface area contributed by atoms with Crippen LogP contribution in [0.5, 0.6) is 0 Å². The van der Waals surface area contributed by atoms with Gasteiger partial charge >= 0.3 is 6.18 Å². The molecule has 0 saturated heterocycles. The zero-order chi connectivity index (χ0) is 15.2. The quantitative estimate of drug-likeness (QED) is 0.388. The van der Waals surface area contributed by atoms with Gasteiger partial charge in [-0.2, -0.15) is 18.3 Å². The lowest BCUT2D eigenvalue weighted by Gasteiger charge is -2.07. The Morgan fingerprint density at radius 1 is 1.45 bits per heavy atom. The van der Waals surface area contributed by atoms with Gasteiger partial charge in [-0.05, 0) is 36.8 Å². The zero-order valence-corrected chi connectivity index (χ0v) is 11.6. The molecule has 20 heavy (non-hydrogen) atoms. The zero-order valence-electron chi connectivity index (χ0n) is 10.8. The summed E-state index contributed by atoms with van der Waals surface area (Å²) >= 11 is 4.92. The fourth-order valence-electron chi connectivity index (χ4n) is 1.23. The van der Waals surface area contributed by atoms with Crippen molar-refractivity contribution >= 4 is 23.5 Å². The predicted molar refractivity (Wildman–Crippen MR) is 77.6 cm³/mol. The van der Waals surface area contributed by atoms with Crippen LogP contribution >= 0.6 is 12.2 Å². The van der Waals surface area contributed by atoms with Crippen molar-refractivity contribution in [1.82, 2.24) is 10.7 Å². The lowest BCUT2D eigenvalue weighted by molar-refractivity contribution is -0.137. The van der Waals surface area contributed by atoms with Gasteiger partial charge in [-0.15, -0.1) is 0 Å². The van der Waals surface area contributed by atoms with Crippen LogP contribution in [0.2, 0.25) is 0 Å². The molecule has 108 valence electrons. The number of thiocarbonyl (C=S) groups is 1. The molecule has 1 rings (SSSR count). The first-order valence-electron chi connectivity index (χ1n) is 5.67. The molecule has 1 aromatic carbocycles. The van der Waals surface area contributed by atoms with Crippen molar-refractivity contribution in [2.45, 2.75) is 13.1 Å². The fourth-order valence-corrected chi connectivity index (χ4v) is 1.36. The second kappa shape index (κ2) is 7.04. The molecule has 0 fully saturated rings. The topological polar surface area (TPSA) is 36.4 Å². The summed E-state index contributed by atoms with van der Waals surface area (Å²) in [7, 11) is 0. The number of hydrazone groups is 1. The van der Waals surface area contributed by atoms with E-state index in [9.17, 15) is 13.2 Å². The molecule has 7 heteroatoms. The summed E-state index contributed by atoms with van der Waals surface area (Å²) in [5, 5.41) is 6.87. The largest absolute Gasteiger partial charge is 0.416 e. The number of halogens is 3. The molecule has 0 spiro atoms. The highest BCUT2D eigenvalue weighted by atomic mass is 32.1. The normalized spacial score (nSPS) is 11.4. The molecular weight excluding hydrogens is 287 g/mol. The van der Waals surface area contributed by atoms with Crippen molar-refractivity contribution in [3.05, 3.63) is 47.5 Å². The molecule has 0 bridgehead atoms. The Labute approximate surface area is 120 Å². The van der Waals surface area contributed by atoms with Gasteiger partial charge in [-0.1, -0.05) is 24.3 Å². The number of hydrogen-bond donors (Lipinski definition) is 2. The summed E-state index contributed by atoms with van der Waals surface area (Å²) in [5.41, 5.74) is 3.02. The van der Waals surface area contributed by atoms with Crippen LogP contribution in [0.1, 0.15) is 18.1 Å². The minimum absolute atomic E-state index is 0.274. The molecule has 1 aromatic rings. The highest BCUT2D eigenvalue weighted by Gasteiger charge is 2.30. The van der Waals surface area contributed by atoms with Crippen LogP contribution in [0.4, 0.5) is 13.2 Å². The molecule has 0 radical (unpaired) electrons. The van der Waals surface area contributed by atoms with Gasteiger partial charge in [0.05, 0.1) is 11.8 Å². The molecule has 0 aliphatic carbocycles. The Kier molecular flexibility index (Phi) is 5.69. The van der Waals surface area contributed by atoms with Crippen LogP contribution in [-0.4, -0.2) is 17.9 Å². The minimum atomic E-state index is -4.37. The molecule has 0 unspecified atom stereocenters. The average Bonchev–Trinajstić information content (AvgIpc) is 2.36. The van der Waals surface area contributed by atoms with Crippen LogP contribution in [0, 0.1) is 0 Å². The highest BCUT2D eigenvalue weighted by molar-refractivity contribution is 7.80. The maximum atomic E-state index is 12.5. The molecule has 0 atom stereocenters. The van der Waals surface area contributed by atoms with E-state index in [1.165, 1.54) is 18.3 Å². The number of benzene rings is 1. The van der Waals surface area contributed by atoms with Crippen molar-refractivity contribution in [1.29, 1.82) is 0 Å². The Morgan fingerprint density at radius 2 is 2.15 bits per heavy atom. The van der Waals surface area contributed by atoms with Gasteiger partial charge in [-0.25, -0.2) is 0 Å². The summed E-state index contributed by atoms with van der Waals surface area (Å²) < 4.78 is 37.5. The van der Waals surface area contributed by atoms with Crippen molar-refractivity contribution in [3.8, 4) is 0 Å². The van der Waals surface area contributed by atoms with Crippen molar-refractivity contribution in [2.24, 2.45) is 5.10 Å². The van der Waals surface area contributed by atoms with Crippen LogP contribution in [0.15, 0.2) is 41.5 Å². The Hall–Kier alpha value is -1.89. The van der Waals surface area contributed by atoms with Crippen LogP contribution < -0.4 is 10.7 Å². The number of alkyl halides is 3. The van der Waals surface area contributed by atoms with Gasteiger partial charge in [0.1, 0.15) is 0 Å². The van der Waals surface area contributed by atoms with Gasteiger partial charge in [-0.3, -0.25) is 5.43 Å². The van der Waals surface area contributed by atoms with E-state index in [-0.39, 0.29) is 5.11 Å². The van der Waals surface area contributed by atoms with Gasteiger partial charge in [0.15, 0.2) is 5.11 Å². The third kappa shape index (κ3) is 5.83. The summed E-state index contributed by atoms with van der Waals surface area (Å²) in [5.74, 6) is 0. The van der Waals surface area contributed by atoms with E-state index < -0.39 is 11.7 Å². The van der Waals surface area contributed by atoms with Crippen molar-refractivity contribution < 1.29 is 13.2 Å². The van der Waals surface area contributed by atoms with Crippen molar-refractivity contribution in [3.63, 3.8) is 0 Å². The lowest BCUT2D eigenvalue weighted by Crippen LogP contribution is -2.32. The van der Waals surface area contributed by atoms with Crippen LogP contribution in [0.3, 0.4) is 0 Å². The molecular formula is C13H14F3N3S. The molecule has 2 N–H and O–H groups in total. The number of rotatable bonds is 4. The third-order valence-electron chi connectivity index (χ3n) is 2.14. The molecule has 0 aromatic heterocycles.